The number of hydrogen-bond donors (Lipinski definition) is 2. The van der Waals surface area contributed by atoms with Crippen molar-refractivity contribution >= 4 is 40.0 Å². The molecule has 2 aliphatic heterocycles. The summed E-state index contributed by atoms with van der Waals surface area (Å²) in [7, 11) is 0. The molecular weight excluding hydrogens is 501 g/mol. The van der Waals surface area contributed by atoms with Crippen LogP contribution in [0.2, 0.25) is 0 Å². The van der Waals surface area contributed by atoms with Crippen molar-refractivity contribution in [3.63, 3.8) is 0 Å². The minimum absolute atomic E-state index is 0.000569. The summed E-state index contributed by atoms with van der Waals surface area (Å²) in [5.74, 6) is -0.952. The number of para-hydroxylation sites is 1. The van der Waals surface area contributed by atoms with Crippen LogP contribution in [0, 0.1) is 5.82 Å². The minimum Gasteiger partial charge on any atom is -0.368 e. The van der Waals surface area contributed by atoms with Gasteiger partial charge >= 0.3 is 0 Å². The van der Waals surface area contributed by atoms with Crippen molar-refractivity contribution in [3.05, 3.63) is 72.3 Å². The largest absolute Gasteiger partial charge is 0.368 e. The lowest BCUT2D eigenvalue weighted by Gasteiger charge is -2.37. The monoisotopic (exact) mass is 529 g/mol. The van der Waals surface area contributed by atoms with Gasteiger partial charge in [-0.1, -0.05) is 24.3 Å². The van der Waals surface area contributed by atoms with E-state index < -0.39 is 11.7 Å². The van der Waals surface area contributed by atoms with Gasteiger partial charge in [0.2, 0.25) is 5.95 Å². The van der Waals surface area contributed by atoms with E-state index in [4.69, 9.17) is 10.5 Å². The van der Waals surface area contributed by atoms with Gasteiger partial charge in [0, 0.05) is 55.7 Å². The molecule has 1 atom stereocenters. The van der Waals surface area contributed by atoms with E-state index in [2.05, 4.69) is 20.2 Å². The lowest BCUT2D eigenvalue weighted by atomic mass is 10.2. The number of nitrogens with zero attached hydrogens (tertiary/aromatic N) is 5. The van der Waals surface area contributed by atoms with Gasteiger partial charge in [0.15, 0.2) is 11.6 Å². The molecule has 200 valence electrons. The molecule has 4 aromatic rings. The fourth-order valence-electron chi connectivity index (χ4n) is 5.21. The van der Waals surface area contributed by atoms with Gasteiger partial charge in [-0.05, 0) is 37.1 Å². The third-order valence-electron chi connectivity index (χ3n) is 7.20. The fraction of sp³-hybridized carbons (Fsp3) is 0.286. The number of rotatable bonds is 6. The standard InChI is InChI=1S/C28H28FN7O3/c29-22-16-31-28(33-26(22)36-17-21(25(30)37)20-7-1-2-8-23(20)36)32-18-5-3-6-19(15-18)34-10-12-35(13-11-34)27(38)24-9-4-14-39-24/h1-3,5-8,15-17,24H,4,9-14H2,(H2,30,37)(H,31,32,33). The Morgan fingerprint density at radius 2 is 1.90 bits per heavy atom. The van der Waals surface area contributed by atoms with Crippen LogP contribution in [-0.4, -0.2) is 70.1 Å². The summed E-state index contributed by atoms with van der Waals surface area (Å²) in [4.78, 5) is 37.3. The van der Waals surface area contributed by atoms with Crippen LogP contribution < -0.4 is 16.0 Å². The van der Waals surface area contributed by atoms with Crippen LogP contribution in [0.15, 0.2) is 60.9 Å². The number of nitrogens with two attached hydrogens (primary N) is 1. The first kappa shape index (κ1) is 24.8. The number of amides is 2. The first-order chi connectivity index (χ1) is 19.0. The quantitative estimate of drug-likeness (QED) is 0.394. The van der Waals surface area contributed by atoms with E-state index >= 15 is 0 Å². The molecule has 0 aliphatic carbocycles. The normalized spacial score (nSPS) is 17.5. The zero-order chi connectivity index (χ0) is 26.9. The van der Waals surface area contributed by atoms with E-state index in [9.17, 15) is 14.0 Å². The summed E-state index contributed by atoms with van der Waals surface area (Å²) in [6.07, 6.45) is 4.03. The maximum Gasteiger partial charge on any atom is 0.251 e. The molecule has 0 bridgehead atoms. The summed E-state index contributed by atoms with van der Waals surface area (Å²) in [5.41, 5.74) is 8.16. The third kappa shape index (κ3) is 4.88. The molecule has 2 aromatic heterocycles. The van der Waals surface area contributed by atoms with E-state index in [1.54, 1.807) is 24.3 Å². The molecule has 0 saturated carbocycles. The van der Waals surface area contributed by atoms with Gasteiger partial charge in [-0.2, -0.15) is 4.98 Å². The number of carbonyl (C=O) groups is 2. The summed E-state index contributed by atoms with van der Waals surface area (Å²) < 4.78 is 22.0. The average Bonchev–Trinajstić information content (AvgIpc) is 3.63. The number of halogens is 1. The topological polar surface area (TPSA) is 119 Å². The van der Waals surface area contributed by atoms with Crippen molar-refractivity contribution in [3.8, 4) is 5.82 Å². The predicted molar refractivity (Wildman–Crippen MR) is 145 cm³/mol. The number of fused-ring (bicyclic) bond motifs is 1. The predicted octanol–water partition coefficient (Wildman–Crippen LogP) is 3.23. The van der Waals surface area contributed by atoms with Crippen molar-refractivity contribution in [1.29, 1.82) is 0 Å². The van der Waals surface area contributed by atoms with E-state index in [0.29, 0.717) is 43.7 Å². The molecule has 0 radical (unpaired) electrons. The lowest BCUT2D eigenvalue weighted by molar-refractivity contribution is -0.141. The molecule has 10 nitrogen and oxygen atoms in total. The highest BCUT2D eigenvalue weighted by Gasteiger charge is 2.30. The molecular formula is C28H28FN7O3. The first-order valence-electron chi connectivity index (χ1n) is 12.9. The number of primary amides is 1. The number of carbonyl (C=O) groups excluding carboxylic acids is 2. The number of benzene rings is 2. The van der Waals surface area contributed by atoms with Crippen LogP contribution in [0.3, 0.4) is 0 Å². The van der Waals surface area contributed by atoms with Gasteiger partial charge in [-0.15, -0.1) is 0 Å². The molecule has 2 aliphatic rings. The van der Waals surface area contributed by atoms with E-state index in [1.807, 2.05) is 29.2 Å². The van der Waals surface area contributed by atoms with Crippen LogP contribution >= 0.6 is 0 Å². The van der Waals surface area contributed by atoms with Crippen LogP contribution in [0.5, 0.6) is 0 Å². The highest BCUT2D eigenvalue weighted by Crippen LogP contribution is 2.27. The van der Waals surface area contributed by atoms with Crippen LogP contribution in [0.25, 0.3) is 16.7 Å². The van der Waals surface area contributed by atoms with Crippen molar-refractivity contribution in [1.82, 2.24) is 19.4 Å². The van der Waals surface area contributed by atoms with Crippen molar-refractivity contribution < 1.29 is 18.7 Å². The van der Waals surface area contributed by atoms with Crippen LogP contribution in [0.1, 0.15) is 23.2 Å². The first-order valence-corrected chi connectivity index (χ1v) is 12.9. The Labute approximate surface area is 224 Å². The van der Waals surface area contributed by atoms with Gasteiger partial charge in [-0.25, -0.2) is 9.37 Å². The molecule has 2 aromatic carbocycles. The van der Waals surface area contributed by atoms with E-state index in [-0.39, 0.29) is 29.3 Å². The molecule has 3 N–H and O–H groups in total. The highest BCUT2D eigenvalue weighted by atomic mass is 19.1. The molecule has 2 amide bonds. The van der Waals surface area contributed by atoms with Gasteiger partial charge in [0.05, 0.1) is 17.3 Å². The second-order valence-electron chi connectivity index (χ2n) is 9.65. The molecule has 1 unspecified atom stereocenters. The van der Waals surface area contributed by atoms with Crippen LogP contribution in [-0.2, 0) is 9.53 Å². The Kier molecular flexibility index (Phi) is 6.57. The summed E-state index contributed by atoms with van der Waals surface area (Å²) in [5, 5.41) is 3.77. The number of anilines is 3. The van der Waals surface area contributed by atoms with Crippen molar-refractivity contribution in [2.24, 2.45) is 5.73 Å². The Morgan fingerprint density at radius 1 is 1.08 bits per heavy atom. The SMILES string of the molecule is NC(=O)c1cn(-c2nc(Nc3cccc(N4CCN(C(=O)C5CCCO5)CC4)c3)ncc2F)c2ccccc12. The molecule has 4 heterocycles. The number of nitrogens with one attached hydrogen (secondary N) is 1. The molecule has 2 fully saturated rings. The number of aromatic nitrogens is 3. The van der Waals surface area contributed by atoms with Crippen LogP contribution in [0.4, 0.5) is 21.7 Å². The second-order valence-corrected chi connectivity index (χ2v) is 9.65. The minimum atomic E-state index is -0.638. The Hall–Kier alpha value is -4.51. The van der Waals surface area contributed by atoms with Crippen molar-refractivity contribution in [2.45, 2.75) is 18.9 Å². The fourth-order valence-corrected chi connectivity index (χ4v) is 5.21. The molecule has 11 heteroatoms. The number of hydrogen-bond acceptors (Lipinski definition) is 7. The smallest absolute Gasteiger partial charge is 0.251 e. The van der Waals surface area contributed by atoms with E-state index in [0.717, 1.165) is 30.4 Å². The lowest BCUT2D eigenvalue weighted by Crippen LogP contribution is -2.51. The van der Waals surface area contributed by atoms with Gasteiger partial charge in [0.25, 0.3) is 11.8 Å². The summed E-state index contributed by atoms with van der Waals surface area (Å²) >= 11 is 0. The Bertz CT molecular complexity index is 1540. The summed E-state index contributed by atoms with van der Waals surface area (Å²) in [6, 6.07) is 14.9. The average molecular weight is 530 g/mol. The zero-order valence-corrected chi connectivity index (χ0v) is 21.2. The Balaban J connectivity index is 1.20. The highest BCUT2D eigenvalue weighted by molar-refractivity contribution is 6.06. The summed E-state index contributed by atoms with van der Waals surface area (Å²) in [6.45, 7) is 3.35. The van der Waals surface area contributed by atoms with Gasteiger partial charge in [-0.3, -0.25) is 14.2 Å². The third-order valence-corrected chi connectivity index (χ3v) is 7.20. The molecule has 2 saturated heterocycles. The van der Waals surface area contributed by atoms with E-state index in [1.165, 1.54) is 10.8 Å². The molecule has 6 rings (SSSR count). The maximum atomic E-state index is 14.9. The molecule has 39 heavy (non-hydrogen) atoms. The molecule has 0 spiro atoms. The van der Waals surface area contributed by atoms with Gasteiger partial charge < -0.3 is 25.6 Å². The zero-order valence-electron chi connectivity index (χ0n) is 21.2. The van der Waals surface area contributed by atoms with Crippen molar-refractivity contribution in [2.75, 3.05) is 43.0 Å². The number of piperazine rings is 1. The number of ether oxygens (including phenoxy) is 1. The second kappa shape index (κ2) is 10.3. The Morgan fingerprint density at radius 3 is 2.67 bits per heavy atom. The maximum absolute atomic E-state index is 14.9. The van der Waals surface area contributed by atoms with Gasteiger partial charge in [0.1, 0.15) is 6.10 Å².